The summed E-state index contributed by atoms with van der Waals surface area (Å²) in [7, 11) is 1.67. The highest BCUT2D eigenvalue weighted by Crippen LogP contribution is 2.34. The third-order valence-electron chi connectivity index (χ3n) is 6.05. The molecule has 0 aliphatic heterocycles. The van der Waals surface area contributed by atoms with Gasteiger partial charge < -0.3 is 9.84 Å². The maximum absolute atomic E-state index is 11.3. The zero-order valence-electron chi connectivity index (χ0n) is 19.3. The molecule has 0 bridgehead atoms. The van der Waals surface area contributed by atoms with Crippen LogP contribution in [0.2, 0.25) is 0 Å². The van der Waals surface area contributed by atoms with Crippen molar-refractivity contribution in [1.29, 1.82) is 0 Å². The highest BCUT2D eigenvalue weighted by atomic mass is 32.2. The lowest BCUT2D eigenvalue weighted by Gasteiger charge is -2.08. The normalized spacial score (nSPS) is 11.0. The minimum absolute atomic E-state index is 0.107. The maximum Gasteiger partial charge on any atom is 0.303 e. The molecule has 0 atom stereocenters. The summed E-state index contributed by atoms with van der Waals surface area (Å²) < 4.78 is 7.39. The van der Waals surface area contributed by atoms with Crippen LogP contribution >= 0.6 is 11.9 Å². The fraction of sp³-hybridized carbons (Fsp3) is 0.100. The van der Waals surface area contributed by atoms with Crippen LogP contribution in [0.15, 0.2) is 108 Å². The monoisotopic (exact) mass is 479 g/mol. The number of fused-ring (bicyclic) bond motifs is 1. The molecule has 5 heteroatoms. The van der Waals surface area contributed by atoms with E-state index in [-0.39, 0.29) is 6.42 Å². The molecule has 5 aromatic rings. The Hall–Kier alpha value is -3.96. The van der Waals surface area contributed by atoms with Crippen LogP contribution in [0.5, 0.6) is 5.75 Å². The summed E-state index contributed by atoms with van der Waals surface area (Å²) >= 11 is 1.63. The predicted molar refractivity (Wildman–Crippen MR) is 143 cm³/mol. The third kappa shape index (κ3) is 5.10. The van der Waals surface area contributed by atoms with Gasteiger partial charge in [0.05, 0.1) is 12.6 Å². The van der Waals surface area contributed by atoms with Gasteiger partial charge in [0.1, 0.15) is 5.75 Å². The van der Waals surface area contributed by atoms with Gasteiger partial charge in [-0.05, 0) is 82.6 Å². The van der Waals surface area contributed by atoms with Crippen molar-refractivity contribution in [1.82, 2.24) is 3.97 Å². The molecule has 4 aromatic carbocycles. The third-order valence-corrected chi connectivity index (χ3v) is 7.03. The summed E-state index contributed by atoms with van der Waals surface area (Å²) in [4.78, 5) is 12.4. The Morgan fingerprint density at radius 2 is 1.46 bits per heavy atom. The van der Waals surface area contributed by atoms with Crippen molar-refractivity contribution in [3.63, 3.8) is 0 Å². The molecule has 4 nitrogen and oxygen atoms in total. The summed E-state index contributed by atoms with van der Waals surface area (Å²) in [5.41, 5.74) is 6.67. The number of hydrogen-bond acceptors (Lipinski definition) is 3. The second-order valence-electron chi connectivity index (χ2n) is 8.32. The van der Waals surface area contributed by atoms with E-state index in [0.717, 1.165) is 49.4 Å². The van der Waals surface area contributed by atoms with E-state index >= 15 is 0 Å². The molecule has 1 N–H and O–H groups in total. The molecule has 0 saturated heterocycles. The van der Waals surface area contributed by atoms with Crippen LogP contribution in [0, 0.1) is 0 Å². The van der Waals surface area contributed by atoms with Crippen molar-refractivity contribution in [3.8, 4) is 28.0 Å². The maximum atomic E-state index is 11.3. The minimum atomic E-state index is -0.785. The number of carbonyl (C=O) groups is 1. The van der Waals surface area contributed by atoms with E-state index in [4.69, 9.17) is 4.74 Å². The van der Waals surface area contributed by atoms with Gasteiger partial charge >= 0.3 is 5.97 Å². The van der Waals surface area contributed by atoms with Crippen molar-refractivity contribution in [2.24, 2.45) is 0 Å². The highest BCUT2D eigenvalue weighted by Gasteiger charge is 2.13. The zero-order chi connectivity index (χ0) is 24.2. The standard InChI is InChI=1S/C30H25NO3S/c1-34-26-13-7-22(8-14-26)23-9-15-27(16-10-23)35-31-20-25(12-18-30(32)33)28-19-24(11-17-29(28)31)21-5-3-2-4-6-21/h2-11,13-17,19-20H,12,18H2,1H3,(H,32,33). The Morgan fingerprint density at radius 3 is 2.11 bits per heavy atom. The van der Waals surface area contributed by atoms with Crippen LogP contribution in [0.25, 0.3) is 33.2 Å². The topological polar surface area (TPSA) is 51.5 Å². The predicted octanol–water partition coefficient (Wildman–Crippen LogP) is 7.56. The van der Waals surface area contributed by atoms with Crippen molar-refractivity contribution in [3.05, 3.63) is 109 Å². The Bertz CT molecular complexity index is 1460. The number of aromatic nitrogens is 1. The molecule has 1 aromatic heterocycles. The first-order valence-electron chi connectivity index (χ1n) is 11.4. The molecule has 0 amide bonds. The van der Waals surface area contributed by atoms with Gasteiger partial charge in [-0.2, -0.15) is 0 Å². The first-order valence-corrected chi connectivity index (χ1v) is 12.2. The molecule has 5 rings (SSSR count). The summed E-state index contributed by atoms with van der Waals surface area (Å²) in [6.45, 7) is 0. The van der Waals surface area contributed by atoms with Crippen LogP contribution in [0.3, 0.4) is 0 Å². The number of nitrogens with zero attached hydrogens (tertiary/aromatic N) is 1. The lowest BCUT2D eigenvalue weighted by atomic mass is 10.0. The molecule has 0 fully saturated rings. The van der Waals surface area contributed by atoms with E-state index in [2.05, 4.69) is 76.9 Å². The van der Waals surface area contributed by atoms with Gasteiger partial charge in [-0.15, -0.1) is 0 Å². The number of methoxy groups -OCH3 is 1. The van der Waals surface area contributed by atoms with Gasteiger partial charge in [-0.3, -0.25) is 8.77 Å². The van der Waals surface area contributed by atoms with E-state index in [1.54, 1.807) is 19.1 Å². The molecule has 1 heterocycles. The molecule has 174 valence electrons. The molecule has 0 unspecified atom stereocenters. The molecule has 35 heavy (non-hydrogen) atoms. The second-order valence-corrected chi connectivity index (χ2v) is 9.36. The van der Waals surface area contributed by atoms with Crippen LogP contribution in [0.4, 0.5) is 0 Å². The number of carboxylic acids is 1. The van der Waals surface area contributed by atoms with E-state index in [9.17, 15) is 9.90 Å². The Morgan fingerprint density at radius 1 is 0.829 bits per heavy atom. The smallest absolute Gasteiger partial charge is 0.303 e. The largest absolute Gasteiger partial charge is 0.497 e. The van der Waals surface area contributed by atoms with Gasteiger partial charge in [0.2, 0.25) is 0 Å². The van der Waals surface area contributed by atoms with Crippen LogP contribution in [-0.2, 0) is 11.2 Å². The number of aliphatic carboxylic acids is 1. The molecule has 0 radical (unpaired) electrons. The number of rotatable bonds is 8. The molecule has 0 spiro atoms. The summed E-state index contributed by atoms with van der Waals surface area (Å²) in [6, 6.07) is 33.2. The zero-order valence-corrected chi connectivity index (χ0v) is 20.2. The SMILES string of the molecule is COc1ccc(-c2ccc(Sn3cc(CCC(=O)O)c4cc(-c5ccccc5)ccc43)cc2)cc1. The second kappa shape index (κ2) is 10.1. The van der Waals surface area contributed by atoms with E-state index in [0.29, 0.717) is 6.42 Å². The number of carboxylic acid groups (broad SMARTS) is 1. The highest BCUT2D eigenvalue weighted by molar-refractivity contribution is 7.98. The van der Waals surface area contributed by atoms with Gasteiger partial charge in [0.25, 0.3) is 0 Å². The lowest BCUT2D eigenvalue weighted by molar-refractivity contribution is -0.136. The Labute approximate surface area is 208 Å². The fourth-order valence-corrected chi connectivity index (χ4v) is 5.12. The number of aryl methyl sites for hydroxylation is 1. The van der Waals surface area contributed by atoms with E-state index in [1.165, 1.54) is 0 Å². The van der Waals surface area contributed by atoms with Crippen molar-refractivity contribution < 1.29 is 14.6 Å². The van der Waals surface area contributed by atoms with Crippen molar-refractivity contribution in [2.45, 2.75) is 17.7 Å². The van der Waals surface area contributed by atoms with E-state index in [1.807, 2.05) is 30.3 Å². The summed E-state index contributed by atoms with van der Waals surface area (Å²) in [6.07, 6.45) is 2.67. The lowest BCUT2D eigenvalue weighted by Crippen LogP contribution is -1.96. The van der Waals surface area contributed by atoms with E-state index < -0.39 is 5.97 Å². The average molecular weight is 480 g/mol. The summed E-state index contributed by atoms with van der Waals surface area (Å²) in [5.74, 6) is 0.0569. The van der Waals surface area contributed by atoms with Gasteiger partial charge in [0.15, 0.2) is 0 Å². The van der Waals surface area contributed by atoms with Gasteiger partial charge in [-0.1, -0.05) is 60.7 Å². The number of hydrogen-bond donors (Lipinski definition) is 1. The molecular weight excluding hydrogens is 454 g/mol. The van der Waals surface area contributed by atoms with Crippen molar-refractivity contribution >= 4 is 28.8 Å². The molecule has 0 aliphatic rings. The van der Waals surface area contributed by atoms with Crippen LogP contribution in [-0.4, -0.2) is 22.2 Å². The first kappa shape index (κ1) is 22.8. The quantitative estimate of drug-likeness (QED) is 0.250. The summed E-state index contributed by atoms with van der Waals surface area (Å²) in [5, 5.41) is 10.3. The number of ether oxygens (including phenoxy) is 1. The van der Waals surface area contributed by atoms with Gasteiger partial charge in [-0.25, -0.2) is 0 Å². The van der Waals surface area contributed by atoms with Crippen molar-refractivity contribution in [2.75, 3.05) is 7.11 Å². The Kier molecular flexibility index (Phi) is 6.59. The first-order chi connectivity index (χ1) is 17.1. The minimum Gasteiger partial charge on any atom is -0.497 e. The molecule has 0 aliphatic carbocycles. The molecular formula is C30H25NO3S. The Balaban J connectivity index is 1.45. The average Bonchev–Trinajstić information content (AvgIpc) is 3.25. The van der Waals surface area contributed by atoms with Crippen LogP contribution < -0.4 is 4.74 Å². The molecule has 0 saturated carbocycles. The van der Waals surface area contributed by atoms with Crippen LogP contribution in [0.1, 0.15) is 12.0 Å². The van der Waals surface area contributed by atoms with Gasteiger partial charge in [0, 0.05) is 22.9 Å². The fourth-order valence-electron chi connectivity index (χ4n) is 4.20. The number of benzene rings is 4.